The summed E-state index contributed by atoms with van der Waals surface area (Å²) in [4.78, 5) is 10.9. The van der Waals surface area contributed by atoms with Crippen LogP contribution >= 0.6 is 0 Å². The maximum absolute atomic E-state index is 13.3. The standard InChI is InChI=1S/C12H16FNO4/c1-18-7-8(15)5-6-14-10-4-2-3-9(13)11(10)12(16)17/h2-4,8,14-15H,5-7H2,1H3,(H,16,17). The van der Waals surface area contributed by atoms with Gasteiger partial charge in [-0.1, -0.05) is 6.07 Å². The van der Waals surface area contributed by atoms with Gasteiger partial charge in [-0.3, -0.25) is 0 Å². The van der Waals surface area contributed by atoms with Gasteiger partial charge in [-0.15, -0.1) is 0 Å². The van der Waals surface area contributed by atoms with E-state index in [-0.39, 0.29) is 12.3 Å². The lowest BCUT2D eigenvalue weighted by atomic mass is 10.1. The molecule has 0 saturated carbocycles. The number of aliphatic hydroxyl groups excluding tert-OH is 1. The van der Waals surface area contributed by atoms with Crippen molar-refractivity contribution in [2.45, 2.75) is 12.5 Å². The minimum Gasteiger partial charge on any atom is -0.478 e. The minimum atomic E-state index is -1.33. The third kappa shape index (κ3) is 3.97. The fourth-order valence-electron chi connectivity index (χ4n) is 1.54. The van der Waals surface area contributed by atoms with Gasteiger partial charge in [0.15, 0.2) is 0 Å². The first-order chi connectivity index (χ1) is 8.56. The van der Waals surface area contributed by atoms with E-state index in [0.717, 1.165) is 6.07 Å². The molecule has 1 atom stereocenters. The molecule has 100 valence electrons. The van der Waals surface area contributed by atoms with Crippen LogP contribution in [0.25, 0.3) is 0 Å². The summed E-state index contributed by atoms with van der Waals surface area (Å²) >= 11 is 0. The van der Waals surface area contributed by atoms with Crippen LogP contribution < -0.4 is 5.32 Å². The molecular formula is C12H16FNO4. The first-order valence-electron chi connectivity index (χ1n) is 5.49. The third-order valence-electron chi connectivity index (χ3n) is 2.38. The second-order valence-corrected chi connectivity index (χ2v) is 3.79. The van der Waals surface area contributed by atoms with E-state index in [9.17, 15) is 14.3 Å². The van der Waals surface area contributed by atoms with Crippen LogP contribution in [0.4, 0.5) is 10.1 Å². The van der Waals surface area contributed by atoms with Crippen molar-refractivity contribution in [1.29, 1.82) is 0 Å². The van der Waals surface area contributed by atoms with Gasteiger partial charge in [0.05, 0.1) is 18.4 Å². The van der Waals surface area contributed by atoms with Crippen molar-refractivity contribution in [2.75, 3.05) is 25.6 Å². The predicted octanol–water partition coefficient (Wildman–Crippen LogP) is 1.33. The maximum Gasteiger partial charge on any atom is 0.340 e. The van der Waals surface area contributed by atoms with Gasteiger partial charge in [-0.25, -0.2) is 9.18 Å². The Labute approximate surface area is 104 Å². The molecule has 0 spiro atoms. The molecule has 1 aromatic rings. The fourth-order valence-corrected chi connectivity index (χ4v) is 1.54. The number of ether oxygens (including phenoxy) is 1. The summed E-state index contributed by atoms with van der Waals surface area (Å²) in [6.45, 7) is 0.533. The monoisotopic (exact) mass is 257 g/mol. The number of carbonyl (C=O) groups is 1. The van der Waals surface area contributed by atoms with Gasteiger partial charge in [0.25, 0.3) is 0 Å². The van der Waals surface area contributed by atoms with Crippen molar-refractivity contribution in [3.05, 3.63) is 29.6 Å². The molecule has 0 aliphatic heterocycles. The average Bonchev–Trinajstić information content (AvgIpc) is 2.28. The Morgan fingerprint density at radius 2 is 2.28 bits per heavy atom. The molecule has 1 unspecified atom stereocenters. The van der Waals surface area contributed by atoms with Crippen LogP contribution in [-0.4, -0.2) is 42.5 Å². The Balaban J connectivity index is 2.62. The average molecular weight is 257 g/mol. The number of rotatable bonds is 7. The molecule has 0 aliphatic rings. The quantitative estimate of drug-likeness (QED) is 0.687. The van der Waals surface area contributed by atoms with Gasteiger partial charge in [-0.2, -0.15) is 0 Å². The van der Waals surface area contributed by atoms with E-state index in [1.807, 2.05) is 0 Å². The molecule has 0 amide bonds. The zero-order valence-electron chi connectivity index (χ0n) is 10.0. The molecule has 0 radical (unpaired) electrons. The van der Waals surface area contributed by atoms with Crippen LogP contribution in [-0.2, 0) is 4.74 Å². The van der Waals surface area contributed by atoms with E-state index in [1.165, 1.54) is 19.2 Å². The summed E-state index contributed by atoms with van der Waals surface area (Å²) in [5.41, 5.74) is -0.189. The number of aromatic carboxylic acids is 1. The lowest BCUT2D eigenvalue weighted by molar-refractivity contribution is 0.0615. The summed E-state index contributed by atoms with van der Waals surface area (Å²) in [7, 11) is 1.48. The van der Waals surface area contributed by atoms with Gasteiger partial charge >= 0.3 is 5.97 Å². The summed E-state index contributed by atoms with van der Waals surface area (Å²) in [5.74, 6) is -2.11. The highest BCUT2D eigenvalue weighted by Crippen LogP contribution is 2.18. The molecule has 3 N–H and O–H groups in total. The topological polar surface area (TPSA) is 78.8 Å². The Kier molecular flexibility index (Phi) is 5.54. The number of anilines is 1. The third-order valence-corrected chi connectivity index (χ3v) is 2.38. The minimum absolute atomic E-state index is 0.201. The van der Waals surface area contributed by atoms with Crippen molar-refractivity contribution < 1.29 is 24.1 Å². The van der Waals surface area contributed by atoms with Crippen LogP contribution in [0.1, 0.15) is 16.8 Å². The van der Waals surface area contributed by atoms with Crippen molar-refractivity contribution in [1.82, 2.24) is 0 Å². The Morgan fingerprint density at radius 3 is 2.89 bits per heavy atom. The Hall–Kier alpha value is -1.66. The Morgan fingerprint density at radius 1 is 1.56 bits per heavy atom. The number of benzene rings is 1. The first-order valence-corrected chi connectivity index (χ1v) is 5.49. The lowest BCUT2D eigenvalue weighted by Crippen LogP contribution is -2.19. The van der Waals surface area contributed by atoms with Crippen molar-refractivity contribution in [2.24, 2.45) is 0 Å². The highest BCUT2D eigenvalue weighted by molar-refractivity contribution is 5.94. The molecule has 5 nitrogen and oxygen atoms in total. The number of hydrogen-bond donors (Lipinski definition) is 3. The van der Waals surface area contributed by atoms with Crippen molar-refractivity contribution in [3.63, 3.8) is 0 Å². The van der Waals surface area contributed by atoms with Gasteiger partial charge < -0.3 is 20.3 Å². The number of nitrogens with one attached hydrogen (secondary N) is 1. The van der Waals surface area contributed by atoms with Crippen LogP contribution in [0.15, 0.2) is 18.2 Å². The summed E-state index contributed by atoms with van der Waals surface area (Å²) in [6, 6.07) is 4.00. The largest absolute Gasteiger partial charge is 0.478 e. The first kappa shape index (κ1) is 14.4. The highest BCUT2D eigenvalue weighted by Gasteiger charge is 2.15. The normalized spacial score (nSPS) is 12.2. The van der Waals surface area contributed by atoms with E-state index >= 15 is 0 Å². The molecule has 1 aromatic carbocycles. The number of carboxylic acid groups (broad SMARTS) is 1. The molecule has 0 fully saturated rings. The van der Waals surface area contributed by atoms with Crippen molar-refractivity contribution >= 4 is 11.7 Å². The molecule has 1 rings (SSSR count). The second kappa shape index (κ2) is 6.93. The van der Waals surface area contributed by atoms with E-state index in [1.54, 1.807) is 0 Å². The molecule has 6 heteroatoms. The molecule has 0 bridgehead atoms. The molecular weight excluding hydrogens is 241 g/mol. The summed E-state index contributed by atoms with van der Waals surface area (Å²) in [6.07, 6.45) is -0.256. The molecule has 0 heterocycles. The predicted molar refractivity (Wildman–Crippen MR) is 64.3 cm³/mol. The van der Waals surface area contributed by atoms with Crippen LogP contribution in [0.5, 0.6) is 0 Å². The molecule has 0 saturated heterocycles. The number of carboxylic acids is 1. The lowest BCUT2D eigenvalue weighted by Gasteiger charge is -2.12. The maximum atomic E-state index is 13.3. The number of hydrogen-bond acceptors (Lipinski definition) is 4. The van der Waals surface area contributed by atoms with Gasteiger partial charge in [-0.05, 0) is 18.6 Å². The zero-order chi connectivity index (χ0) is 13.5. The summed E-state index contributed by atoms with van der Waals surface area (Å²) in [5, 5.41) is 21.1. The van der Waals surface area contributed by atoms with E-state index < -0.39 is 23.5 Å². The van der Waals surface area contributed by atoms with Gasteiger partial charge in [0.1, 0.15) is 11.4 Å². The van der Waals surface area contributed by atoms with Crippen molar-refractivity contribution in [3.8, 4) is 0 Å². The SMILES string of the molecule is COCC(O)CCNc1cccc(F)c1C(=O)O. The number of halogens is 1. The fraction of sp³-hybridized carbons (Fsp3) is 0.417. The van der Waals surface area contributed by atoms with Gasteiger partial charge in [0.2, 0.25) is 0 Å². The van der Waals surface area contributed by atoms with Crippen LogP contribution in [0, 0.1) is 5.82 Å². The highest BCUT2D eigenvalue weighted by atomic mass is 19.1. The Bertz CT molecular complexity index is 411. The zero-order valence-corrected chi connectivity index (χ0v) is 10.0. The number of methoxy groups -OCH3 is 1. The van der Waals surface area contributed by atoms with E-state index in [4.69, 9.17) is 9.84 Å². The van der Waals surface area contributed by atoms with Crippen LogP contribution in [0.2, 0.25) is 0 Å². The van der Waals surface area contributed by atoms with E-state index in [2.05, 4.69) is 5.32 Å². The van der Waals surface area contributed by atoms with E-state index in [0.29, 0.717) is 13.0 Å². The van der Waals surface area contributed by atoms with Crippen LogP contribution in [0.3, 0.4) is 0 Å². The molecule has 0 aliphatic carbocycles. The number of aliphatic hydroxyl groups is 1. The van der Waals surface area contributed by atoms with Gasteiger partial charge in [0, 0.05) is 13.7 Å². The summed E-state index contributed by atoms with van der Waals surface area (Å²) < 4.78 is 18.1. The second-order valence-electron chi connectivity index (χ2n) is 3.79. The smallest absolute Gasteiger partial charge is 0.340 e. The molecule has 0 aromatic heterocycles. The molecule has 18 heavy (non-hydrogen) atoms.